The van der Waals surface area contributed by atoms with Crippen LogP contribution in [-0.2, 0) is 18.3 Å². The molecule has 27 heavy (non-hydrogen) atoms. The van der Waals surface area contributed by atoms with Crippen LogP contribution in [0.3, 0.4) is 0 Å². The number of benzene rings is 1. The molecular formula is C19H27IN6O. The fraction of sp³-hybridized carbons (Fsp3) is 0.421. The molecular weight excluding hydrogens is 455 g/mol. The average Bonchev–Trinajstić information content (AvgIpc) is 3.21. The summed E-state index contributed by atoms with van der Waals surface area (Å²) in [6.45, 7) is 4.14. The summed E-state index contributed by atoms with van der Waals surface area (Å²) in [5.41, 5.74) is 2.11. The van der Waals surface area contributed by atoms with E-state index in [-0.39, 0.29) is 35.9 Å². The molecule has 3 rings (SSSR count). The summed E-state index contributed by atoms with van der Waals surface area (Å²) in [6, 6.07) is 9.85. The van der Waals surface area contributed by atoms with Crippen LogP contribution in [-0.4, -0.2) is 47.3 Å². The number of nitrogens with one attached hydrogen (secondary N) is 2. The van der Waals surface area contributed by atoms with Crippen LogP contribution in [0.4, 0.5) is 5.69 Å². The van der Waals surface area contributed by atoms with Crippen molar-refractivity contribution in [3.05, 3.63) is 48.3 Å². The molecule has 8 heteroatoms. The Balaban J connectivity index is 0.00000261. The van der Waals surface area contributed by atoms with Crippen LogP contribution in [0.25, 0.3) is 0 Å². The van der Waals surface area contributed by atoms with Crippen LogP contribution in [0.15, 0.2) is 47.7 Å². The van der Waals surface area contributed by atoms with Crippen molar-refractivity contribution in [2.45, 2.75) is 25.8 Å². The molecule has 2 aromatic rings. The lowest BCUT2D eigenvalue weighted by molar-refractivity contribution is -0.117. The molecule has 146 valence electrons. The number of carbonyl (C=O) groups excluding carboxylic acids is 1. The molecule has 1 atom stereocenters. The molecule has 0 radical (unpaired) electrons. The highest BCUT2D eigenvalue weighted by molar-refractivity contribution is 14.0. The van der Waals surface area contributed by atoms with Crippen molar-refractivity contribution < 1.29 is 4.79 Å². The Morgan fingerprint density at radius 3 is 2.78 bits per heavy atom. The van der Waals surface area contributed by atoms with Gasteiger partial charge in [-0.3, -0.25) is 14.5 Å². The number of aliphatic imine (C=N–C) groups is 1. The van der Waals surface area contributed by atoms with Gasteiger partial charge in [0.2, 0.25) is 5.91 Å². The summed E-state index contributed by atoms with van der Waals surface area (Å²) < 4.78 is 1.80. The Kier molecular flexibility index (Phi) is 8.08. The lowest BCUT2D eigenvalue weighted by atomic mass is 10.2. The van der Waals surface area contributed by atoms with Gasteiger partial charge in [-0.2, -0.15) is 5.10 Å². The monoisotopic (exact) mass is 482 g/mol. The first kappa shape index (κ1) is 21.2. The first-order valence-electron chi connectivity index (χ1n) is 9.03. The van der Waals surface area contributed by atoms with E-state index in [0.29, 0.717) is 19.5 Å². The van der Waals surface area contributed by atoms with E-state index >= 15 is 0 Å². The number of amides is 1. The Morgan fingerprint density at radius 2 is 2.11 bits per heavy atom. The number of rotatable bonds is 6. The zero-order valence-corrected chi connectivity index (χ0v) is 18.1. The number of para-hydroxylation sites is 1. The van der Waals surface area contributed by atoms with E-state index in [0.717, 1.165) is 24.6 Å². The van der Waals surface area contributed by atoms with Crippen molar-refractivity contribution in [2.24, 2.45) is 12.0 Å². The summed E-state index contributed by atoms with van der Waals surface area (Å²) in [5.74, 6) is 0.893. The minimum atomic E-state index is 0. The second kappa shape index (κ2) is 10.3. The summed E-state index contributed by atoms with van der Waals surface area (Å²) in [5, 5.41) is 10.8. The summed E-state index contributed by atoms with van der Waals surface area (Å²) >= 11 is 0. The summed E-state index contributed by atoms with van der Waals surface area (Å²) in [7, 11) is 1.91. The maximum atomic E-state index is 12.3. The van der Waals surface area contributed by atoms with Gasteiger partial charge in [-0.25, -0.2) is 0 Å². The molecule has 2 heterocycles. The van der Waals surface area contributed by atoms with Crippen LogP contribution >= 0.6 is 24.0 Å². The molecule has 1 fully saturated rings. The Bertz CT molecular complexity index is 761. The van der Waals surface area contributed by atoms with Gasteiger partial charge in [0.25, 0.3) is 0 Å². The van der Waals surface area contributed by atoms with Gasteiger partial charge in [-0.1, -0.05) is 18.2 Å². The number of anilines is 1. The zero-order chi connectivity index (χ0) is 18.4. The van der Waals surface area contributed by atoms with Gasteiger partial charge in [-0.15, -0.1) is 24.0 Å². The minimum Gasteiger partial charge on any atom is -0.357 e. The van der Waals surface area contributed by atoms with Gasteiger partial charge in [0.1, 0.15) is 0 Å². The molecule has 1 saturated heterocycles. The van der Waals surface area contributed by atoms with Crippen LogP contribution in [0.1, 0.15) is 18.9 Å². The van der Waals surface area contributed by atoms with Gasteiger partial charge in [0.05, 0.1) is 12.2 Å². The highest BCUT2D eigenvalue weighted by Crippen LogP contribution is 2.20. The second-order valence-electron chi connectivity index (χ2n) is 6.42. The van der Waals surface area contributed by atoms with E-state index in [9.17, 15) is 4.79 Å². The van der Waals surface area contributed by atoms with Gasteiger partial charge in [0.15, 0.2) is 5.96 Å². The molecule has 0 spiro atoms. The number of carbonyl (C=O) groups is 1. The smallest absolute Gasteiger partial charge is 0.229 e. The number of hydrogen-bond acceptors (Lipinski definition) is 3. The molecule has 1 amide bonds. The lowest BCUT2D eigenvalue weighted by Gasteiger charge is -2.19. The molecule has 1 aliphatic heterocycles. The van der Waals surface area contributed by atoms with Crippen molar-refractivity contribution in [3.63, 3.8) is 0 Å². The lowest BCUT2D eigenvalue weighted by Crippen LogP contribution is -2.44. The van der Waals surface area contributed by atoms with Crippen LogP contribution in [0.2, 0.25) is 0 Å². The third kappa shape index (κ3) is 5.95. The van der Waals surface area contributed by atoms with E-state index in [4.69, 9.17) is 0 Å². The molecule has 7 nitrogen and oxygen atoms in total. The molecule has 1 aromatic heterocycles. The van der Waals surface area contributed by atoms with Gasteiger partial charge in [0, 0.05) is 45.0 Å². The van der Waals surface area contributed by atoms with E-state index in [1.807, 2.05) is 61.6 Å². The van der Waals surface area contributed by atoms with Crippen molar-refractivity contribution in [2.75, 3.05) is 24.5 Å². The zero-order valence-electron chi connectivity index (χ0n) is 15.8. The van der Waals surface area contributed by atoms with E-state index in [1.165, 1.54) is 5.56 Å². The number of nitrogens with zero attached hydrogens (tertiary/aromatic N) is 4. The molecule has 1 aliphatic rings. The first-order valence-corrected chi connectivity index (χ1v) is 9.03. The maximum Gasteiger partial charge on any atom is 0.229 e. The van der Waals surface area contributed by atoms with E-state index in [1.54, 1.807) is 4.68 Å². The second-order valence-corrected chi connectivity index (χ2v) is 6.42. The molecule has 1 unspecified atom stereocenters. The number of aryl methyl sites for hydroxylation is 1. The largest absolute Gasteiger partial charge is 0.357 e. The summed E-state index contributed by atoms with van der Waals surface area (Å²) in [4.78, 5) is 18.8. The predicted octanol–water partition coefficient (Wildman–Crippen LogP) is 1.94. The van der Waals surface area contributed by atoms with E-state index < -0.39 is 0 Å². The number of halogens is 1. The standard InChI is InChI=1S/C19H26N6O.HI/c1-3-20-19(21-10-9-15-12-22-24(2)13-15)23-16-11-18(26)25(14-16)17-7-5-4-6-8-17;/h4-8,12-13,16H,3,9-11,14H2,1-2H3,(H2,20,21,23);1H. The predicted molar refractivity (Wildman–Crippen MR) is 119 cm³/mol. The molecule has 0 saturated carbocycles. The molecule has 0 bridgehead atoms. The summed E-state index contributed by atoms with van der Waals surface area (Å²) in [6.07, 6.45) is 5.18. The van der Waals surface area contributed by atoms with E-state index in [2.05, 4.69) is 20.7 Å². The topological polar surface area (TPSA) is 74.5 Å². The van der Waals surface area contributed by atoms with Crippen LogP contribution in [0, 0.1) is 0 Å². The third-order valence-corrected chi connectivity index (χ3v) is 4.31. The van der Waals surface area contributed by atoms with Crippen molar-refractivity contribution in [3.8, 4) is 0 Å². The Morgan fingerprint density at radius 1 is 1.33 bits per heavy atom. The fourth-order valence-corrected chi connectivity index (χ4v) is 3.07. The van der Waals surface area contributed by atoms with Crippen molar-refractivity contribution in [1.29, 1.82) is 0 Å². The molecule has 0 aliphatic carbocycles. The Hall–Kier alpha value is -2.10. The van der Waals surface area contributed by atoms with Crippen LogP contribution < -0.4 is 15.5 Å². The third-order valence-electron chi connectivity index (χ3n) is 4.31. The highest BCUT2D eigenvalue weighted by atomic mass is 127. The highest BCUT2D eigenvalue weighted by Gasteiger charge is 2.30. The number of hydrogen-bond donors (Lipinski definition) is 2. The van der Waals surface area contributed by atoms with Gasteiger partial charge in [-0.05, 0) is 31.0 Å². The normalized spacial score (nSPS) is 17.0. The first-order chi connectivity index (χ1) is 12.7. The molecule has 2 N–H and O–H groups in total. The Labute approximate surface area is 177 Å². The van der Waals surface area contributed by atoms with Gasteiger partial charge >= 0.3 is 0 Å². The average molecular weight is 482 g/mol. The number of aromatic nitrogens is 2. The quantitative estimate of drug-likeness (QED) is 0.375. The van der Waals surface area contributed by atoms with Gasteiger partial charge < -0.3 is 15.5 Å². The minimum absolute atomic E-state index is 0. The maximum absolute atomic E-state index is 12.3. The number of guanidine groups is 1. The van der Waals surface area contributed by atoms with Crippen molar-refractivity contribution >= 4 is 41.5 Å². The van der Waals surface area contributed by atoms with Crippen molar-refractivity contribution in [1.82, 2.24) is 20.4 Å². The molecule has 1 aromatic carbocycles. The fourth-order valence-electron chi connectivity index (χ4n) is 3.07. The van der Waals surface area contributed by atoms with Crippen LogP contribution in [0.5, 0.6) is 0 Å². The SMILES string of the molecule is CCNC(=NCCc1cnn(C)c1)NC1CC(=O)N(c2ccccc2)C1.I.